The highest BCUT2D eigenvalue weighted by molar-refractivity contribution is 5.89. The minimum Gasteiger partial charge on any atom is -0.379 e. The Morgan fingerprint density at radius 3 is 2.76 bits per heavy atom. The molecule has 1 amide bonds. The zero-order valence-electron chi connectivity index (χ0n) is 10.6. The van der Waals surface area contributed by atoms with Gasteiger partial charge in [0.2, 0.25) is 5.91 Å². The Kier molecular flexibility index (Phi) is 2.87. The van der Waals surface area contributed by atoms with Crippen molar-refractivity contribution in [2.45, 2.75) is 62.6 Å². The summed E-state index contributed by atoms with van der Waals surface area (Å²) in [6.07, 6.45) is 8.03. The first kappa shape index (κ1) is 11.5. The predicted octanol–water partition coefficient (Wildman–Crippen LogP) is 1.26. The summed E-state index contributed by atoms with van der Waals surface area (Å²) in [5.74, 6) is 0.337. The molecule has 1 N–H and O–H groups in total. The number of rotatable bonds is 2. The number of ether oxygens (including phenoxy) is 1. The highest BCUT2D eigenvalue weighted by Gasteiger charge is 2.51. The third-order valence-corrected chi connectivity index (χ3v) is 4.84. The van der Waals surface area contributed by atoms with Gasteiger partial charge in [0, 0.05) is 7.11 Å². The molecule has 1 spiro atoms. The highest BCUT2D eigenvalue weighted by Crippen LogP contribution is 2.37. The minimum absolute atomic E-state index is 0.207. The van der Waals surface area contributed by atoms with Gasteiger partial charge in [0.05, 0.1) is 24.4 Å². The molecule has 0 aromatic heterocycles. The van der Waals surface area contributed by atoms with E-state index >= 15 is 0 Å². The van der Waals surface area contributed by atoms with Gasteiger partial charge in [-0.15, -0.1) is 0 Å². The maximum absolute atomic E-state index is 12.6. The van der Waals surface area contributed by atoms with Crippen molar-refractivity contribution in [2.75, 3.05) is 13.8 Å². The largest absolute Gasteiger partial charge is 0.379 e. The van der Waals surface area contributed by atoms with Crippen LogP contribution in [0.2, 0.25) is 0 Å². The van der Waals surface area contributed by atoms with Crippen molar-refractivity contribution >= 4 is 5.91 Å². The first-order valence-electron chi connectivity index (χ1n) is 6.86. The molecular weight excluding hydrogens is 216 g/mol. The molecule has 0 aromatic rings. The van der Waals surface area contributed by atoms with Crippen molar-refractivity contribution in [3.8, 4) is 0 Å². The summed E-state index contributed by atoms with van der Waals surface area (Å²) >= 11 is 0. The van der Waals surface area contributed by atoms with Crippen molar-refractivity contribution in [1.29, 1.82) is 0 Å². The number of hydrogen-bond donors (Lipinski definition) is 1. The van der Waals surface area contributed by atoms with Crippen LogP contribution in [-0.4, -0.2) is 42.3 Å². The normalized spacial score (nSPS) is 36.3. The topological polar surface area (TPSA) is 41.6 Å². The average Bonchev–Trinajstić information content (AvgIpc) is 3.03. The molecule has 3 fully saturated rings. The molecule has 3 rings (SSSR count). The van der Waals surface area contributed by atoms with Gasteiger partial charge in [-0.25, -0.2) is 0 Å². The van der Waals surface area contributed by atoms with Crippen LogP contribution in [0.1, 0.15) is 44.9 Å². The molecule has 17 heavy (non-hydrogen) atoms. The lowest BCUT2D eigenvalue weighted by Gasteiger charge is -2.29. The number of carbonyl (C=O) groups is 1. The van der Waals surface area contributed by atoms with Gasteiger partial charge in [0.25, 0.3) is 0 Å². The molecule has 4 nitrogen and oxygen atoms in total. The SMILES string of the molecule is COC1CCCC1N1CNC2(CCCC2)C1=O. The van der Waals surface area contributed by atoms with Crippen molar-refractivity contribution in [3.05, 3.63) is 0 Å². The Morgan fingerprint density at radius 2 is 2.06 bits per heavy atom. The lowest BCUT2D eigenvalue weighted by molar-refractivity contribution is -0.136. The molecule has 4 heteroatoms. The van der Waals surface area contributed by atoms with E-state index in [1.165, 1.54) is 19.3 Å². The Balaban J connectivity index is 1.75. The fourth-order valence-corrected chi connectivity index (χ4v) is 3.83. The van der Waals surface area contributed by atoms with Crippen LogP contribution >= 0.6 is 0 Å². The number of amides is 1. The van der Waals surface area contributed by atoms with E-state index < -0.39 is 0 Å². The number of carbonyl (C=O) groups excluding carboxylic acids is 1. The number of nitrogens with one attached hydrogen (secondary N) is 1. The van der Waals surface area contributed by atoms with Crippen LogP contribution in [0.25, 0.3) is 0 Å². The Bertz CT molecular complexity index is 313. The molecule has 2 unspecified atom stereocenters. The zero-order chi connectivity index (χ0) is 11.9. The van der Waals surface area contributed by atoms with Gasteiger partial charge in [0.15, 0.2) is 0 Å². The monoisotopic (exact) mass is 238 g/mol. The molecule has 1 heterocycles. The first-order valence-corrected chi connectivity index (χ1v) is 6.86. The summed E-state index contributed by atoms with van der Waals surface area (Å²) in [5.41, 5.74) is -0.207. The summed E-state index contributed by atoms with van der Waals surface area (Å²) in [7, 11) is 1.77. The van der Waals surface area contributed by atoms with E-state index in [0.29, 0.717) is 11.9 Å². The average molecular weight is 238 g/mol. The van der Waals surface area contributed by atoms with E-state index in [0.717, 1.165) is 32.4 Å². The number of methoxy groups -OCH3 is 1. The first-order chi connectivity index (χ1) is 8.27. The fraction of sp³-hybridized carbons (Fsp3) is 0.923. The van der Waals surface area contributed by atoms with Crippen molar-refractivity contribution in [1.82, 2.24) is 10.2 Å². The van der Waals surface area contributed by atoms with Gasteiger partial charge in [-0.05, 0) is 32.1 Å². The molecule has 2 atom stereocenters. The molecule has 96 valence electrons. The van der Waals surface area contributed by atoms with Crippen molar-refractivity contribution < 1.29 is 9.53 Å². The van der Waals surface area contributed by atoms with Crippen LogP contribution in [0.15, 0.2) is 0 Å². The van der Waals surface area contributed by atoms with Gasteiger partial charge < -0.3 is 9.64 Å². The quantitative estimate of drug-likeness (QED) is 0.787. The molecule has 0 radical (unpaired) electrons. The van der Waals surface area contributed by atoms with E-state index in [1.54, 1.807) is 7.11 Å². The third kappa shape index (κ3) is 1.69. The summed E-state index contributed by atoms with van der Waals surface area (Å²) in [5, 5.41) is 3.47. The Hall–Kier alpha value is -0.610. The highest BCUT2D eigenvalue weighted by atomic mass is 16.5. The van der Waals surface area contributed by atoms with Crippen LogP contribution in [0.3, 0.4) is 0 Å². The maximum Gasteiger partial charge on any atom is 0.244 e. The van der Waals surface area contributed by atoms with Crippen LogP contribution in [0, 0.1) is 0 Å². The van der Waals surface area contributed by atoms with Gasteiger partial charge in [-0.3, -0.25) is 10.1 Å². The van der Waals surface area contributed by atoms with Crippen LogP contribution in [-0.2, 0) is 9.53 Å². The second kappa shape index (κ2) is 4.25. The van der Waals surface area contributed by atoms with Gasteiger partial charge in [-0.1, -0.05) is 12.8 Å². The lowest BCUT2D eigenvalue weighted by atomic mass is 9.97. The van der Waals surface area contributed by atoms with Crippen LogP contribution < -0.4 is 5.32 Å². The molecule has 2 aliphatic carbocycles. The Morgan fingerprint density at radius 1 is 1.29 bits per heavy atom. The summed E-state index contributed by atoms with van der Waals surface area (Å²) in [4.78, 5) is 14.6. The molecule has 0 aromatic carbocycles. The van der Waals surface area contributed by atoms with E-state index in [9.17, 15) is 4.79 Å². The van der Waals surface area contributed by atoms with E-state index in [4.69, 9.17) is 4.74 Å². The molecule has 3 aliphatic rings. The smallest absolute Gasteiger partial charge is 0.244 e. The number of hydrogen-bond acceptors (Lipinski definition) is 3. The third-order valence-electron chi connectivity index (χ3n) is 4.84. The van der Waals surface area contributed by atoms with Gasteiger partial charge in [0.1, 0.15) is 0 Å². The van der Waals surface area contributed by atoms with E-state index in [1.807, 2.05) is 4.90 Å². The lowest BCUT2D eigenvalue weighted by Crippen LogP contribution is -2.47. The minimum atomic E-state index is -0.207. The van der Waals surface area contributed by atoms with Crippen molar-refractivity contribution in [2.24, 2.45) is 0 Å². The van der Waals surface area contributed by atoms with Crippen molar-refractivity contribution in [3.63, 3.8) is 0 Å². The number of nitrogens with zero attached hydrogens (tertiary/aromatic N) is 1. The fourth-order valence-electron chi connectivity index (χ4n) is 3.83. The second-order valence-electron chi connectivity index (χ2n) is 5.67. The summed E-state index contributed by atoms with van der Waals surface area (Å²) in [6, 6.07) is 0.306. The maximum atomic E-state index is 12.6. The van der Waals surface area contributed by atoms with Gasteiger partial charge >= 0.3 is 0 Å². The second-order valence-corrected chi connectivity index (χ2v) is 5.67. The van der Waals surface area contributed by atoms with Gasteiger partial charge in [-0.2, -0.15) is 0 Å². The van der Waals surface area contributed by atoms with E-state index in [-0.39, 0.29) is 11.6 Å². The Labute approximate surface area is 103 Å². The molecule has 1 aliphatic heterocycles. The summed E-state index contributed by atoms with van der Waals surface area (Å²) in [6.45, 7) is 0.726. The van der Waals surface area contributed by atoms with E-state index in [2.05, 4.69) is 5.32 Å². The summed E-state index contributed by atoms with van der Waals surface area (Å²) < 4.78 is 5.51. The standard InChI is InChI=1S/C13H22N2O2/c1-17-11-6-4-5-10(11)15-9-14-13(12(15)16)7-2-3-8-13/h10-11,14H,2-9H2,1H3. The molecular formula is C13H22N2O2. The molecule has 1 saturated heterocycles. The molecule has 0 bridgehead atoms. The molecule has 2 saturated carbocycles. The van der Waals surface area contributed by atoms with Crippen LogP contribution in [0.5, 0.6) is 0 Å². The predicted molar refractivity (Wildman–Crippen MR) is 64.5 cm³/mol. The zero-order valence-corrected chi connectivity index (χ0v) is 10.6. The van der Waals surface area contributed by atoms with Crippen LogP contribution in [0.4, 0.5) is 0 Å².